The molecule has 0 radical (unpaired) electrons. The molecule has 1 heteroatoms. The van der Waals surface area contributed by atoms with Crippen molar-refractivity contribution in [1.82, 2.24) is 5.32 Å². The molecule has 1 N–H and O–H groups in total. The lowest BCUT2D eigenvalue weighted by molar-refractivity contribution is 0.424. The summed E-state index contributed by atoms with van der Waals surface area (Å²) in [6.07, 6.45) is 0. The van der Waals surface area contributed by atoms with Gasteiger partial charge in [-0.3, -0.25) is 0 Å². The Kier molecular flexibility index (Phi) is 3.33. The van der Waals surface area contributed by atoms with Gasteiger partial charge in [-0.1, -0.05) is 29.3 Å². The number of aryl methyl sites for hydroxylation is 2. The summed E-state index contributed by atoms with van der Waals surface area (Å²) in [6, 6.07) is 6.69. The van der Waals surface area contributed by atoms with Crippen molar-refractivity contribution in [2.24, 2.45) is 0 Å². The van der Waals surface area contributed by atoms with Crippen LogP contribution in [-0.2, 0) is 6.54 Å². The first-order valence-electron chi connectivity index (χ1n) is 5.19. The van der Waals surface area contributed by atoms with E-state index in [1.165, 1.54) is 16.7 Å². The lowest BCUT2D eigenvalue weighted by atomic mass is 10.1. The minimum absolute atomic E-state index is 0.192. The summed E-state index contributed by atoms with van der Waals surface area (Å²) in [5, 5.41) is 3.49. The highest BCUT2D eigenvalue weighted by Gasteiger charge is 2.08. The Hall–Kier alpha value is -0.820. The van der Waals surface area contributed by atoms with E-state index >= 15 is 0 Å². The van der Waals surface area contributed by atoms with E-state index < -0.39 is 0 Å². The fraction of sp³-hybridized carbons (Fsp3) is 0.538. The molecule has 1 aromatic carbocycles. The van der Waals surface area contributed by atoms with E-state index in [0.717, 1.165) is 6.54 Å². The SMILES string of the molecule is Cc1cc(C)cc(CNC(C)(C)C)c1. The third-order valence-corrected chi connectivity index (χ3v) is 2.10. The quantitative estimate of drug-likeness (QED) is 0.757. The van der Waals surface area contributed by atoms with Gasteiger partial charge in [0.25, 0.3) is 0 Å². The molecule has 0 fully saturated rings. The predicted octanol–water partition coefficient (Wildman–Crippen LogP) is 3.19. The van der Waals surface area contributed by atoms with Gasteiger partial charge in [-0.2, -0.15) is 0 Å². The number of rotatable bonds is 2. The highest BCUT2D eigenvalue weighted by atomic mass is 14.9. The molecule has 0 aliphatic rings. The van der Waals surface area contributed by atoms with Crippen LogP contribution in [0.15, 0.2) is 18.2 Å². The molecule has 0 aliphatic heterocycles. The van der Waals surface area contributed by atoms with Gasteiger partial charge in [-0.25, -0.2) is 0 Å². The Morgan fingerprint density at radius 3 is 1.93 bits per heavy atom. The van der Waals surface area contributed by atoms with Crippen LogP contribution in [-0.4, -0.2) is 5.54 Å². The number of nitrogens with one attached hydrogen (secondary N) is 1. The van der Waals surface area contributed by atoms with Crippen LogP contribution in [0.5, 0.6) is 0 Å². The Morgan fingerprint density at radius 2 is 1.50 bits per heavy atom. The highest BCUT2D eigenvalue weighted by Crippen LogP contribution is 2.10. The third kappa shape index (κ3) is 3.93. The summed E-state index contributed by atoms with van der Waals surface area (Å²) in [7, 11) is 0. The van der Waals surface area contributed by atoms with Crippen LogP contribution in [0.1, 0.15) is 37.5 Å². The van der Waals surface area contributed by atoms with Crippen LogP contribution in [0.3, 0.4) is 0 Å². The second-order valence-corrected chi connectivity index (χ2v) is 5.10. The number of benzene rings is 1. The van der Waals surface area contributed by atoms with E-state index in [4.69, 9.17) is 0 Å². The van der Waals surface area contributed by atoms with E-state index in [9.17, 15) is 0 Å². The molecule has 14 heavy (non-hydrogen) atoms. The van der Waals surface area contributed by atoms with Gasteiger partial charge in [-0.05, 0) is 40.2 Å². The van der Waals surface area contributed by atoms with Gasteiger partial charge in [0.05, 0.1) is 0 Å². The van der Waals surface area contributed by atoms with Crippen molar-refractivity contribution in [3.05, 3.63) is 34.9 Å². The summed E-state index contributed by atoms with van der Waals surface area (Å²) >= 11 is 0. The van der Waals surface area contributed by atoms with Gasteiger partial charge < -0.3 is 5.32 Å². The van der Waals surface area contributed by atoms with E-state index in [2.05, 4.69) is 58.1 Å². The van der Waals surface area contributed by atoms with Crippen LogP contribution in [0.25, 0.3) is 0 Å². The van der Waals surface area contributed by atoms with Crippen LogP contribution in [0.2, 0.25) is 0 Å². The molecule has 0 spiro atoms. The largest absolute Gasteiger partial charge is 0.308 e. The van der Waals surface area contributed by atoms with Crippen LogP contribution in [0, 0.1) is 13.8 Å². The summed E-state index contributed by atoms with van der Waals surface area (Å²) in [4.78, 5) is 0. The van der Waals surface area contributed by atoms with Crippen molar-refractivity contribution < 1.29 is 0 Å². The molecule has 1 aromatic rings. The first-order chi connectivity index (χ1) is 6.37. The van der Waals surface area contributed by atoms with Gasteiger partial charge in [0.1, 0.15) is 0 Å². The molecule has 0 atom stereocenters. The summed E-state index contributed by atoms with van der Waals surface area (Å²) in [6.45, 7) is 11.8. The van der Waals surface area contributed by atoms with Gasteiger partial charge in [-0.15, -0.1) is 0 Å². The van der Waals surface area contributed by atoms with E-state index in [-0.39, 0.29) is 5.54 Å². The van der Waals surface area contributed by atoms with Crippen molar-refractivity contribution >= 4 is 0 Å². The Bertz CT molecular complexity index is 287. The van der Waals surface area contributed by atoms with Gasteiger partial charge in [0, 0.05) is 12.1 Å². The topological polar surface area (TPSA) is 12.0 Å². The first-order valence-corrected chi connectivity index (χ1v) is 5.19. The maximum absolute atomic E-state index is 3.49. The zero-order valence-electron chi connectivity index (χ0n) is 9.94. The lowest BCUT2D eigenvalue weighted by Crippen LogP contribution is -2.35. The molecule has 0 saturated heterocycles. The number of hydrogen-bond donors (Lipinski definition) is 1. The molecule has 0 heterocycles. The van der Waals surface area contributed by atoms with Crippen LogP contribution < -0.4 is 5.32 Å². The van der Waals surface area contributed by atoms with E-state index in [1.54, 1.807) is 0 Å². The van der Waals surface area contributed by atoms with Gasteiger partial charge in [0.2, 0.25) is 0 Å². The normalized spacial score (nSPS) is 11.8. The molecular weight excluding hydrogens is 170 g/mol. The monoisotopic (exact) mass is 191 g/mol. The Balaban J connectivity index is 2.68. The van der Waals surface area contributed by atoms with Crippen molar-refractivity contribution in [3.63, 3.8) is 0 Å². The van der Waals surface area contributed by atoms with Crippen molar-refractivity contribution in [3.8, 4) is 0 Å². The Labute approximate surface area is 87.5 Å². The van der Waals surface area contributed by atoms with E-state index in [1.807, 2.05) is 0 Å². The zero-order valence-corrected chi connectivity index (χ0v) is 9.94. The van der Waals surface area contributed by atoms with Crippen molar-refractivity contribution in [2.75, 3.05) is 0 Å². The first kappa shape index (κ1) is 11.3. The smallest absolute Gasteiger partial charge is 0.0210 e. The minimum Gasteiger partial charge on any atom is -0.308 e. The molecule has 0 aromatic heterocycles. The molecule has 0 unspecified atom stereocenters. The average Bonchev–Trinajstić information content (AvgIpc) is 1.97. The zero-order chi connectivity index (χ0) is 10.8. The van der Waals surface area contributed by atoms with Gasteiger partial charge >= 0.3 is 0 Å². The van der Waals surface area contributed by atoms with Crippen LogP contribution >= 0.6 is 0 Å². The summed E-state index contributed by atoms with van der Waals surface area (Å²) in [5.74, 6) is 0. The maximum atomic E-state index is 3.49. The molecule has 0 aliphatic carbocycles. The fourth-order valence-electron chi connectivity index (χ4n) is 1.54. The lowest BCUT2D eigenvalue weighted by Gasteiger charge is -2.20. The van der Waals surface area contributed by atoms with Crippen molar-refractivity contribution in [1.29, 1.82) is 0 Å². The van der Waals surface area contributed by atoms with Crippen LogP contribution in [0.4, 0.5) is 0 Å². The Morgan fingerprint density at radius 1 is 1.00 bits per heavy atom. The minimum atomic E-state index is 0.192. The van der Waals surface area contributed by atoms with Gasteiger partial charge in [0.15, 0.2) is 0 Å². The predicted molar refractivity (Wildman–Crippen MR) is 62.5 cm³/mol. The molecular formula is C13H21N. The van der Waals surface area contributed by atoms with E-state index in [0.29, 0.717) is 0 Å². The molecule has 1 nitrogen and oxygen atoms in total. The average molecular weight is 191 g/mol. The molecule has 0 amide bonds. The van der Waals surface area contributed by atoms with Crippen molar-refractivity contribution in [2.45, 2.75) is 46.7 Å². The summed E-state index contributed by atoms with van der Waals surface area (Å²) < 4.78 is 0. The maximum Gasteiger partial charge on any atom is 0.0210 e. The second-order valence-electron chi connectivity index (χ2n) is 5.10. The highest BCUT2D eigenvalue weighted by molar-refractivity contribution is 5.28. The fourth-order valence-corrected chi connectivity index (χ4v) is 1.54. The molecule has 1 rings (SSSR count). The number of hydrogen-bond acceptors (Lipinski definition) is 1. The standard InChI is InChI=1S/C13H21N/c1-10-6-11(2)8-12(7-10)9-14-13(3,4)5/h6-8,14H,9H2,1-5H3. The molecule has 0 saturated carbocycles. The second kappa shape index (κ2) is 4.14. The third-order valence-electron chi connectivity index (χ3n) is 2.10. The molecule has 78 valence electrons. The summed E-state index contributed by atoms with van der Waals surface area (Å²) in [5.41, 5.74) is 4.25. The molecule has 0 bridgehead atoms.